The number of amides is 2. The zero-order chi connectivity index (χ0) is 42.6. The standard InChI is InChI=1S/C42H53N7O10/c1-6-27-21-32(38(50)46-29-11-9-28(10-12-29)37(44)48-42(54)57-20-17-49-15-18-56-19-16-49)31(22-34(27)55-5)30-13-14-33(39(51)45-23-26-7-8-26)47-36(30)41(53)59-25(4)58-40(52)35(43)24(2)3/h6,9-14,21-22,24-26,35,39,45,51H,1,7-8,15-20,23,43H2,2-5H3,(H,46,50)(H2,44,48,54)/t25?,35-,39?/m0/s1. The second-order valence-electron chi connectivity index (χ2n) is 14.5. The molecule has 3 aromatic rings. The van der Waals surface area contributed by atoms with Gasteiger partial charge in [-0.1, -0.05) is 26.5 Å². The van der Waals surface area contributed by atoms with Crippen LogP contribution in [0.3, 0.4) is 0 Å². The molecule has 17 heteroatoms. The van der Waals surface area contributed by atoms with Crippen molar-refractivity contribution >= 4 is 41.5 Å². The maximum Gasteiger partial charge on any atom is 0.412 e. The van der Waals surface area contributed by atoms with E-state index in [0.717, 1.165) is 25.9 Å². The number of anilines is 1. The van der Waals surface area contributed by atoms with Gasteiger partial charge in [0.1, 0.15) is 30.5 Å². The number of carbonyl (C=O) groups excluding carboxylic acids is 4. The van der Waals surface area contributed by atoms with Gasteiger partial charge in [0, 0.05) is 66.6 Å². The molecule has 1 aromatic heterocycles. The first kappa shape index (κ1) is 44.4. The fraction of sp³-hybridized carbons (Fsp3) is 0.429. The van der Waals surface area contributed by atoms with Gasteiger partial charge in [-0.05, 0) is 73.2 Å². The summed E-state index contributed by atoms with van der Waals surface area (Å²) in [5, 5.41) is 27.6. The summed E-state index contributed by atoms with van der Waals surface area (Å²) in [5.74, 6) is -1.99. The topological polar surface area (TPSA) is 237 Å². The van der Waals surface area contributed by atoms with Crippen molar-refractivity contribution < 1.29 is 48.0 Å². The minimum Gasteiger partial charge on any atom is -0.496 e. The lowest BCUT2D eigenvalue weighted by Gasteiger charge is -2.26. The van der Waals surface area contributed by atoms with E-state index in [-0.39, 0.29) is 46.4 Å². The number of amidine groups is 1. The lowest BCUT2D eigenvalue weighted by Crippen LogP contribution is -2.39. The molecule has 2 unspecified atom stereocenters. The number of methoxy groups -OCH3 is 1. The number of hydrogen-bond acceptors (Lipinski definition) is 15. The summed E-state index contributed by atoms with van der Waals surface area (Å²) >= 11 is 0. The van der Waals surface area contributed by atoms with E-state index in [9.17, 15) is 24.3 Å². The van der Waals surface area contributed by atoms with E-state index in [4.69, 9.17) is 34.8 Å². The monoisotopic (exact) mass is 815 g/mol. The van der Waals surface area contributed by atoms with Gasteiger partial charge in [-0.2, -0.15) is 0 Å². The second kappa shape index (κ2) is 20.8. The average Bonchev–Trinajstić information content (AvgIpc) is 4.07. The number of alkyl carbamates (subject to hydrolysis) is 1. The van der Waals surface area contributed by atoms with E-state index in [1.54, 1.807) is 50.2 Å². The van der Waals surface area contributed by atoms with Gasteiger partial charge in [0.2, 0.25) is 6.29 Å². The largest absolute Gasteiger partial charge is 0.496 e. The summed E-state index contributed by atoms with van der Waals surface area (Å²) in [7, 11) is 1.45. The van der Waals surface area contributed by atoms with Crippen LogP contribution >= 0.6 is 0 Å². The SMILES string of the molecule is C=Cc1cc(C(=O)Nc2ccc(C(=N)NC(=O)OCCN3CCOCC3)cc2)c(-c2ccc(C(O)NCC3CC3)nc2C(=O)OC(C)OC(=O)[C@@H](N)C(C)C)cc1OC. The van der Waals surface area contributed by atoms with Crippen molar-refractivity contribution in [1.82, 2.24) is 20.5 Å². The number of aromatic nitrogens is 1. The van der Waals surface area contributed by atoms with Gasteiger partial charge < -0.3 is 39.8 Å². The minimum absolute atomic E-state index is 0.0948. The first-order valence-electron chi connectivity index (χ1n) is 19.5. The summed E-state index contributed by atoms with van der Waals surface area (Å²) in [6.07, 6.45) is 0.268. The van der Waals surface area contributed by atoms with Crippen LogP contribution in [-0.2, 0) is 23.7 Å². The highest BCUT2D eigenvalue weighted by atomic mass is 16.7. The van der Waals surface area contributed by atoms with E-state index >= 15 is 0 Å². The Morgan fingerprint density at radius 3 is 2.41 bits per heavy atom. The number of rotatable bonds is 18. The molecule has 0 bridgehead atoms. The number of carbonyl (C=O) groups is 4. The van der Waals surface area contributed by atoms with Gasteiger partial charge in [-0.25, -0.2) is 14.6 Å². The van der Waals surface area contributed by atoms with Crippen LogP contribution in [0.2, 0.25) is 0 Å². The van der Waals surface area contributed by atoms with Crippen molar-refractivity contribution in [3.05, 3.63) is 83.2 Å². The van der Waals surface area contributed by atoms with Gasteiger partial charge in [-0.3, -0.25) is 30.5 Å². The first-order valence-corrected chi connectivity index (χ1v) is 19.5. The van der Waals surface area contributed by atoms with E-state index in [2.05, 4.69) is 32.4 Å². The summed E-state index contributed by atoms with van der Waals surface area (Å²) in [4.78, 5) is 59.5. The molecule has 1 saturated carbocycles. The van der Waals surface area contributed by atoms with Gasteiger partial charge in [0.05, 0.1) is 26.0 Å². The number of pyridine rings is 1. The van der Waals surface area contributed by atoms with Crippen molar-refractivity contribution in [2.75, 3.05) is 58.4 Å². The number of ether oxygens (including phenoxy) is 5. The second-order valence-corrected chi connectivity index (χ2v) is 14.5. The smallest absolute Gasteiger partial charge is 0.412 e. The average molecular weight is 816 g/mol. The molecule has 316 valence electrons. The highest BCUT2D eigenvalue weighted by Gasteiger charge is 2.29. The third-order valence-electron chi connectivity index (χ3n) is 9.76. The molecule has 17 nitrogen and oxygen atoms in total. The van der Waals surface area contributed by atoms with Gasteiger partial charge in [-0.15, -0.1) is 0 Å². The molecule has 2 aliphatic rings. The van der Waals surface area contributed by atoms with E-state index in [1.165, 1.54) is 32.2 Å². The molecule has 2 amide bonds. The number of aliphatic hydroxyl groups is 1. The fourth-order valence-electron chi connectivity index (χ4n) is 6.01. The third-order valence-corrected chi connectivity index (χ3v) is 9.76. The molecule has 1 saturated heterocycles. The molecular formula is C42H53N7O10. The number of nitrogens with zero attached hydrogens (tertiary/aromatic N) is 2. The summed E-state index contributed by atoms with van der Waals surface area (Å²) in [6.45, 7) is 12.8. The van der Waals surface area contributed by atoms with Crippen molar-refractivity contribution in [2.45, 2.75) is 52.2 Å². The van der Waals surface area contributed by atoms with Crippen LogP contribution in [0.5, 0.6) is 5.75 Å². The molecule has 3 atom stereocenters. The Morgan fingerprint density at radius 1 is 1.05 bits per heavy atom. The van der Waals surface area contributed by atoms with Crippen LogP contribution in [0.15, 0.2) is 55.1 Å². The molecule has 2 heterocycles. The number of nitrogens with one attached hydrogen (secondary N) is 4. The highest BCUT2D eigenvalue weighted by Crippen LogP contribution is 2.35. The summed E-state index contributed by atoms with van der Waals surface area (Å²) in [5.41, 5.74) is 7.43. The Labute approximate surface area is 343 Å². The Balaban J connectivity index is 1.38. The van der Waals surface area contributed by atoms with Gasteiger partial charge >= 0.3 is 18.0 Å². The predicted molar refractivity (Wildman–Crippen MR) is 219 cm³/mol. The summed E-state index contributed by atoms with van der Waals surface area (Å²) < 4.78 is 27.0. The maximum absolute atomic E-state index is 14.1. The Hall–Kier alpha value is -5.72. The number of aliphatic hydroxyl groups excluding tert-OH is 1. The zero-order valence-corrected chi connectivity index (χ0v) is 33.7. The molecule has 0 spiro atoms. The van der Waals surface area contributed by atoms with Crippen LogP contribution in [0.25, 0.3) is 17.2 Å². The number of hydrogen-bond donors (Lipinski definition) is 6. The van der Waals surface area contributed by atoms with E-state index < -0.39 is 42.5 Å². The molecule has 2 fully saturated rings. The van der Waals surface area contributed by atoms with Crippen LogP contribution < -0.4 is 26.4 Å². The lowest BCUT2D eigenvalue weighted by atomic mass is 9.94. The Kier molecular flexibility index (Phi) is 15.7. The normalized spacial score (nSPS) is 15.6. The molecule has 1 aliphatic heterocycles. The molecule has 0 radical (unpaired) electrons. The van der Waals surface area contributed by atoms with E-state index in [1.807, 2.05) is 0 Å². The fourth-order valence-corrected chi connectivity index (χ4v) is 6.01. The Morgan fingerprint density at radius 2 is 1.76 bits per heavy atom. The van der Waals surface area contributed by atoms with Gasteiger partial charge in [0.15, 0.2) is 5.69 Å². The Bertz CT molecular complexity index is 2000. The lowest BCUT2D eigenvalue weighted by molar-refractivity contribution is -0.168. The number of morpholine rings is 1. The third kappa shape index (κ3) is 12.4. The minimum atomic E-state index is -1.36. The summed E-state index contributed by atoms with van der Waals surface area (Å²) in [6, 6.07) is 11.4. The van der Waals surface area contributed by atoms with Crippen LogP contribution in [0, 0.1) is 17.2 Å². The van der Waals surface area contributed by atoms with Crippen molar-refractivity contribution in [2.24, 2.45) is 17.6 Å². The molecule has 59 heavy (non-hydrogen) atoms. The highest BCUT2D eigenvalue weighted by molar-refractivity contribution is 6.11. The van der Waals surface area contributed by atoms with Crippen LogP contribution in [0.4, 0.5) is 10.5 Å². The predicted octanol–water partition coefficient (Wildman–Crippen LogP) is 4.06. The van der Waals surface area contributed by atoms with Crippen LogP contribution in [0.1, 0.15) is 77.5 Å². The van der Waals surface area contributed by atoms with Gasteiger partial charge in [0.25, 0.3) is 5.91 Å². The number of benzene rings is 2. The van der Waals surface area contributed by atoms with Crippen molar-refractivity contribution in [3.63, 3.8) is 0 Å². The molecule has 5 rings (SSSR count). The van der Waals surface area contributed by atoms with Crippen molar-refractivity contribution in [1.29, 1.82) is 5.41 Å². The number of esters is 2. The first-order chi connectivity index (χ1) is 28.3. The molecular weight excluding hydrogens is 763 g/mol. The number of nitrogens with two attached hydrogens (primary N) is 1. The maximum atomic E-state index is 14.1. The molecule has 2 aromatic carbocycles. The van der Waals surface area contributed by atoms with E-state index in [0.29, 0.717) is 54.8 Å². The zero-order valence-electron chi connectivity index (χ0n) is 33.7. The molecule has 1 aliphatic carbocycles. The van der Waals surface area contributed by atoms with Crippen molar-refractivity contribution in [3.8, 4) is 16.9 Å². The van der Waals surface area contributed by atoms with Crippen LogP contribution in [-0.4, -0.2) is 110 Å². The molecule has 7 N–H and O–H groups in total. The quantitative estimate of drug-likeness (QED) is 0.0460.